The molecule has 1 heteroatoms. The molecule has 0 spiro atoms. The van der Waals surface area contributed by atoms with E-state index in [0.29, 0.717) is 12.0 Å². The second kappa shape index (κ2) is 11.5. The Hall–Kier alpha value is -2.54. The van der Waals surface area contributed by atoms with Crippen LogP contribution < -0.4 is 4.74 Å². The van der Waals surface area contributed by atoms with Gasteiger partial charge in [-0.3, -0.25) is 0 Å². The lowest BCUT2D eigenvalue weighted by molar-refractivity contribution is 0.210. The highest BCUT2D eigenvalue weighted by atomic mass is 16.5. The number of ether oxygens (including phenoxy) is 1. The number of rotatable bonds is 9. The molecule has 0 N–H and O–H groups in total. The predicted molar refractivity (Wildman–Crippen MR) is 142 cm³/mol. The standard InChI is InChI=1S/C32H40O/c1-24(26(3)22-29-13-5-4-10-25(29)2)11-8-12-27-18-20-28(21-19-27)30-14-9-17-32(23-30)33-31-15-6-7-16-31/h9-10,13-14,17-20,22-23,28,31H,1,4-8,11-12,15-16,21H2,2-3H3. The molecule has 0 amide bonds. The quantitative estimate of drug-likeness (QED) is 0.348. The molecule has 1 nitrogen and oxygen atoms in total. The molecular formula is C32H40O. The Kier molecular flexibility index (Phi) is 8.26. The third-order valence-corrected chi connectivity index (χ3v) is 7.38. The molecule has 3 aliphatic rings. The van der Waals surface area contributed by atoms with Crippen LogP contribution in [0, 0.1) is 0 Å². The van der Waals surface area contributed by atoms with E-state index < -0.39 is 0 Å². The summed E-state index contributed by atoms with van der Waals surface area (Å²) in [6.45, 7) is 8.78. The van der Waals surface area contributed by atoms with Gasteiger partial charge in [-0.2, -0.15) is 0 Å². The fraction of sp³-hybridized carbons (Fsp3) is 0.438. The van der Waals surface area contributed by atoms with Gasteiger partial charge in [-0.1, -0.05) is 66.3 Å². The van der Waals surface area contributed by atoms with Gasteiger partial charge in [0.25, 0.3) is 0 Å². The summed E-state index contributed by atoms with van der Waals surface area (Å²) >= 11 is 0. The van der Waals surface area contributed by atoms with E-state index in [1.165, 1.54) is 65.5 Å². The zero-order valence-corrected chi connectivity index (χ0v) is 20.6. The van der Waals surface area contributed by atoms with E-state index in [4.69, 9.17) is 4.74 Å². The summed E-state index contributed by atoms with van der Waals surface area (Å²) in [6.07, 6.45) is 26.4. The van der Waals surface area contributed by atoms with Crippen LogP contribution >= 0.6 is 0 Å². The van der Waals surface area contributed by atoms with Crippen molar-refractivity contribution >= 4 is 0 Å². The Bertz CT molecular complexity index is 991. The minimum Gasteiger partial charge on any atom is -0.490 e. The van der Waals surface area contributed by atoms with Crippen LogP contribution in [-0.4, -0.2) is 6.10 Å². The van der Waals surface area contributed by atoms with Crippen molar-refractivity contribution < 1.29 is 4.74 Å². The van der Waals surface area contributed by atoms with Crippen molar-refractivity contribution in [3.8, 4) is 5.75 Å². The Morgan fingerprint density at radius 1 is 1.12 bits per heavy atom. The van der Waals surface area contributed by atoms with Crippen LogP contribution in [0.5, 0.6) is 5.75 Å². The maximum absolute atomic E-state index is 6.22. The summed E-state index contributed by atoms with van der Waals surface area (Å²) in [5.74, 6) is 1.50. The molecule has 1 aromatic rings. The second-order valence-corrected chi connectivity index (χ2v) is 9.99. The maximum atomic E-state index is 6.22. The smallest absolute Gasteiger partial charge is 0.120 e. The summed E-state index contributed by atoms with van der Waals surface area (Å²) in [7, 11) is 0. The topological polar surface area (TPSA) is 9.23 Å². The van der Waals surface area contributed by atoms with Crippen molar-refractivity contribution in [1.82, 2.24) is 0 Å². The van der Waals surface area contributed by atoms with Crippen molar-refractivity contribution in [2.75, 3.05) is 0 Å². The van der Waals surface area contributed by atoms with E-state index in [1.54, 1.807) is 0 Å². The first-order valence-electron chi connectivity index (χ1n) is 13.0. The first kappa shape index (κ1) is 23.6. The number of benzene rings is 1. The van der Waals surface area contributed by atoms with Gasteiger partial charge in [-0.15, -0.1) is 0 Å². The lowest BCUT2D eigenvalue weighted by Crippen LogP contribution is -2.11. The summed E-state index contributed by atoms with van der Waals surface area (Å²) in [5.41, 5.74) is 8.20. The number of allylic oxidation sites excluding steroid dienone is 11. The van der Waals surface area contributed by atoms with E-state index in [0.717, 1.165) is 37.9 Å². The largest absolute Gasteiger partial charge is 0.490 e. The third-order valence-electron chi connectivity index (χ3n) is 7.38. The second-order valence-electron chi connectivity index (χ2n) is 9.99. The first-order valence-corrected chi connectivity index (χ1v) is 13.0. The highest BCUT2D eigenvalue weighted by Gasteiger charge is 2.17. The van der Waals surface area contributed by atoms with Crippen molar-refractivity contribution in [3.63, 3.8) is 0 Å². The van der Waals surface area contributed by atoms with Gasteiger partial charge in [0.2, 0.25) is 0 Å². The monoisotopic (exact) mass is 440 g/mol. The van der Waals surface area contributed by atoms with Crippen LogP contribution in [0.1, 0.15) is 89.5 Å². The molecule has 0 radical (unpaired) electrons. The summed E-state index contributed by atoms with van der Waals surface area (Å²) < 4.78 is 6.22. The molecule has 1 atom stereocenters. The highest BCUT2D eigenvalue weighted by Crippen LogP contribution is 2.32. The molecule has 3 aliphatic carbocycles. The predicted octanol–water partition coefficient (Wildman–Crippen LogP) is 9.32. The zero-order valence-electron chi connectivity index (χ0n) is 20.6. The molecule has 0 heterocycles. The average Bonchev–Trinajstić information content (AvgIpc) is 3.34. The van der Waals surface area contributed by atoms with Gasteiger partial charge < -0.3 is 4.74 Å². The number of hydrogen-bond acceptors (Lipinski definition) is 1. The molecule has 4 rings (SSSR count). The Balaban J connectivity index is 1.24. The summed E-state index contributed by atoms with van der Waals surface area (Å²) in [6, 6.07) is 8.76. The maximum Gasteiger partial charge on any atom is 0.120 e. The highest BCUT2D eigenvalue weighted by molar-refractivity contribution is 5.45. The minimum atomic E-state index is 0.418. The van der Waals surface area contributed by atoms with Gasteiger partial charge in [0.05, 0.1) is 6.10 Å². The molecule has 174 valence electrons. The molecule has 0 aliphatic heterocycles. The van der Waals surface area contributed by atoms with Crippen LogP contribution in [0.15, 0.2) is 95.2 Å². The zero-order chi connectivity index (χ0) is 23.0. The summed E-state index contributed by atoms with van der Waals surface area (Å²) in [5, 5.41) is 0. The molecule has 0 saturated heterocycles. The molecule has 1 saturated carbocycles. The lowest BCUT2D eigenvalue weighted by Gasteiger charge is -2.19. The van der Waals surface area contributed by atoms with Crippen LogP contribution in [-0.2, 0) is 0 Å². The van der Waals surface area contributed by atoms with Crippen molar-refractivity contribution in [2.24, 2.45) is 0 Å². The van der Waals surface area contributed by atoms with Gasteiger partial charge in [0.15, 0.2) is 0 Å². The van der Waals surface area contributed by atoms with Crippen LogP contribution in [0.4, 0.5) is 0 Å². The molecule has 1 aromatic carbocycles. The van der Waals surface area contributed by atoms with E-state index in [-0.39, 0.29) is 0 Å². The molecule has 1 unspecified atom stereocenters. The fourth-order valence-corrected chi connectivity index (χ4v) is 5.14. The Morgan fingerprint density at radius 3 is 2.70 bits per heavy atom. The Labute approximate surface area is 201 Å². The van der Waals surface area contributed by atoms with Gasteiger partial charge in [0, 0.05) is 5.92 Å². The van der Waals surface area contributed by atoms with E-state index in [2.05, 4.69) is 81.1 Å². The van der Waals surface area contributed by atoms with E-state index in [1.807, 2.05) is 0 Å². The minimum absolute atomic E-state index is 0.418. The third kappa shape index (κ3) is 6.73. The molecule has 0 aromatic heterocycles. The SMILES string of the molecule is C=C(CCCC1=CCC(c2cccc(OC3CCCC3)c2)C=C1)C(C)=CC1=CCCC=C1C. The van der Waals surface area contributed by atoms with Gasteiger partial charge in [0.1, 0.15) is 5.75 Å². The normalized spacial score (nSPS) is 21.5. The van der Waals surface area contributed by atoms with Crippen molar-refractivity contribution in [2.45, 2.75) is 90.1 Å². The fourth-order valence-electron chi connectivity index (χ4n) is 5.14. The average molecular weight is 441 g/mol. The number of hydrogen-bond donors (Lipinski definition) is 0. The first-order chi connectivity index (χ1) is 16.1. The van der Waals surface area contributed by atoms with E-state index in [9.17, 15) is 0 Å². The van der Waals surface area contributed by atoms with Crippen molar-refractivity contribution in [3.05, 3.63) is 101 Å². The molecular weight excluding hydrogens is 400 g/mol. The molecule has 33 heavy (non-hydrogen) atoms. The molecule has 1 fully saturated rings. The summed E-state index contributed by atoms with van der Waals surface area (Å²) in [4.78, 5) is 0. The molecule has 0 bridgehead atoms. The van der Waals surface area contributed by atoms with E-state index >= 15 is 0 Å². The lowest BCUT2D eigenvalue weighted by atomic mass is 9.88. The van der Waals surface area contributed by atoms with Gasteiger partial charge >= 0.3 is 0 Å². The Morgan fingerprint density at radius 2 is 1.94 bits per heavy atom. The van der Waals surface area contributed by atoms with Crippen LogP contribution in [0.2, 0.25) is 0 Å². The van der Waals surface area contributed by atoms with Crippen LogP contribution in [0.25, 0.3) is 0 Å². The van der Waals surface area contributed by atoms with Crippen molar-refractivity contribution in [1.29, 1.82) is 0 Å². The van der Waals surface area contributed by atoms with Crippen LogP contribution in [0.3, 0.4) is 0 Å². The van der Waals surface area contributed by atoms with Gasteiger partial charge in [-0.05, 0) is 112 Å². The van der Waals surface area contributed by atoms with Gasteiger partial charge in [-0.25, -0.2) is 0 Å².